The average molecular weight is 417 g/mol. The monoisotopic (exact) mass is 417 g/mol. The smallest absolute Gasteiger partial charge is 0.191 e. The molecule has 0 unspecified atom stereocenters. The first-order chi connectivity index (χ1) is 9.95. The summed E-state index contributed by atoms with van der Waals surface area (Å²) < 4.78 is 5.28. The number of rotatable bonds is 5. The predicted octanol–water partition coefficient (Wildman–Crippen LogP) is 2.78. The van der Waals surface area contributed by atoms with Crippen molar-refractivity contribution in [2.45, 2.75) is 26.2 Å². The quantitative estimate of drug-likeness (QED) is 0.440. The van der Waals surface area contributed by atoms with Crippen LogP contribution < -0.4 is 10.6 Å². The van der Waals surface area contributed by atoms with E-state index in [1.54, 1.807) is 0 Å². The molecule has 0 radical (unpaired) electrons. The number of halogens is 1. The Morgan fingerprint density at radius 3 is 2.36 bits per heavy atom. The highest BCUT2D eigenvalue weighted by atomic mass is 127. The van der Waals surface area contributed by atoms with E-state index in [0.29, 0.717) is 0 Å². The lowest BCUT2D eigenvalue weighted by atomic mass is 9.85. The van der Waals surface area contributed by atoms with Crippen LogP contribution in [0.1, 0.15) is 26.3 Å². The lowest BCUT2D eigenvalue weighted by Gasteiger charge is -2.38. The summed E-state index contributed by atoms with van der Waals surface area (Å²) in [6, 6.07) is 10.6. The van der Waals surface area contributed by atoms with Gasteiger partial charge in [0, 0.05) is 31.0 Å². The Morgan fingerprint density at radius 1 is 1.23 bits per heavy atom. The molecule has 2 rings (SSSR count). The Kier molecular flexibility index (Phi) is 7.12. The highest BCUT2D eigenvalue weighted by Gasteiger charge is 2.33. The first-order valence-corrected chi connectivity index (χ1v) is 7.53. The lowest BCUT2D eigenvalue weighted by Crippen LogP contribution is -2.52. The Bertz CT molecular complexity index is 484. The van der Waals surface area contributed by atoms with Gasteiger partial charge in [0.2, 0.25) is 0 Å². The molecule has 0 spiro atoms. The van der Waals surface area contributed by atoms with Crippen LogP contribution in [-0.4, -0.2) is 39.3 Å². The summed E-state index contributed by atoms with van der Waals surface area (Å²) in [6.45, 7) is 10.1. The molecule has 5 heteroatoms. The molecule has 4 nitrogen and oxygen atoms in total. The molecule has 1 aromatic rings. The lowest BCUT2D eigenvalue weighted by molar-refractivity contribution is -0.0971. The fourth-order valence-electron chi connectivity index (χ4n) is 2.37. The van der Waals surface area contributed by atoms with Crippen LogP contribution in [0.5, 0.6) is 0 Å². The number of aliphatic imine (C=N–C) groups is 1. The van der Waals surface area contributed by atoms with Crippen molar-refractivity contribution in [2.75, 3.05) is 33.4 Å². The van der Waals surface area contributed by atoms with E-state index in [4.69, 9.17) is 4.74 Å². The van der Waals surface area contributed by atoms with E-state index < -0.39 is 0 Å². The van der Waals surface area contributed by atoms with Crippen molar-refractivity contribution in [1.82, 2.24) is 10.6 Å². The van der Waals surface area contributed by atoms with Gasteiger partial charge in [-0.1, -0.05) is 51.1 Å². The minimum absolute atomic E-state index is 0. The average Bonchev–Trinajstić information content (AvgIpc) is 2.46. The van der Waals surface area contributed by atoms with Gasteiger partial charge in [-0.3, -0.25) is 4.99 Å². The normalized spacial score (nSPS) is 17.2. The molecule has 1 saturated heterocycles. The van der Waals surface area contributed by atoms with Crippen molar-refractivity contribution < 1.29 is 4.74 Å². The number of benzene rings is 1. The molecule has 0 aromatic heterocycles. The van der Waals surface area contributed by atoms with Gasteiger partial charge in [0.25, 0.3) is 0 Å². The number of nitrogens with one attached hydrogen (secondary N) is 2. The largest absolute Gasteiger partial charge is 0.380 e. The number of guanidine groups is 1. The van der Waals surface area contributed by atoms with Gasteiger partial charge in [0.05, 0.1) is 13.2 Å². The van der Waals surface area contributed by atoms with Gasteiger partial charge in [0.1, 0.15) is 0 Å². The molecule has 1 aromatic carbocycles. The molecular weight excluding hydrogens is 389 g/mol. The second-order valence-corrected chi connectivity index (χ2v) is 6.83. The van der Waals surface area contributed by atoms with Gasteiger partial charge >= 0.3 is 0 Å². The topological polar surface area (TPSA) is 45.7 Å². The molecule has 0 amide bonds. The Hall–Kier alpha value is -0.820. The van der Waals surface area contributed by atoms with E-state index in [9.17, 15) is 0 Å². The molecular formula is C17H28IN3O. The van der Waals surface area contributed by atoms with Crippen molar-refractivity contribution >= 4 is 29.9 Å². The second-order valence-electron chi connectivity index (χ2n) is 6.83. The SMILES string of the molecule is CN=C(NCC1(C)COC1)NCC(C)(C)c1ccccc1.I. The number of nitrogens with zero attached hydrogens (tertiary/aromatic N) is 1. The predicted molar refractivity (Wildman–Crippen MR) is 103 cm³/mol. The number of ether oxygens (including phenoxy) is 1. The molecule has 0 aliphatic carbocycles. The first-order valence-electron chi connectivity index (χ1n) is 7.53. The van der Waals surface area contributed by atoms with Gasteiger partial charge in [-0.15, -0.1) is 24.0 Å². The highest BCUT2D eigenvalue weighted by Crippen LogP contribution is 2.25. The molecule has 0 saturated carbocycles. The Labute approximate surface area is 151 Å². The van der Waals surface area contributed by atoms with Crippen LogP contribution in [0.25, 0.3) is 0 Å². The van der Waals surface area contributed by atoms with Crippen molar-refractivity contribution in [2.24, 2.45) is 10.4 Å². The zero-order chi connectivity index (χ0) is 15.3. The third kappa shape index (κ3) is 5.12. The van der Waals surface area contributed by atoms with Crippen LogP contribution in [0, 0.1) is 5.41 Å². The summed E-state index contributed by atoms with van der Waals surface area (Å²) in [4.78, 5) is 4.30. The standard InChI is InChI=1S/C17H27N3O.HI/c1-16(2,14-8-6-5-7-9-14)10-19-15(18-4)20-11-17(3)12-21-13-17;/h5-9H,10-13H2,1-4H3,(H2,18,19,20);1H. The molecule has 22 heavy (non-hydrogen) atoms. The molecule has 0 bridgehead atoms. The number of hydrogen-bond donors (Lipinski definition) is 2. The third-order valence-electron chi connectivity index (χ3n) is 4.06. The summed E-state index contributed by atoms with van der Waals surface area (Å²) in [5.41, 5.74) is 1.63. The maximum Gasteiger partial charge on any atom is 0.191 e. The van der Waals surface area contributed by atoms with Crippen LogP contribution >= 0.6 is 24.0 Å². The molecule has 124 valence electrons. The zero-order valence-corrected chi connectivity index (χ0v) is 16.3. The maximum absolute atomic E-state index is 5.28. The van der Waals surface area contributed by atoms with Gasteiger partial charge in [-0.25, -0.2) is 0 Å². The first kappa shape index (κ1) is 19.2. The van der Waals surface area contributed by atoms with Crippen molar-refractivity contribution in [1.29, 1.82) is 0 Å². The second kappa shape index (κ2) is 8.15. The van der Waals surface area contributed by atoms with E-state index in [-0.39, 0.29) is 34.8 Å². The molecule has 1 aliphatic heterocycles. The van der Waals surface area contributed by atoms with Crippen molar-refractivity contribution in [3.8, 4) is 0 Å². The molecule has 1 fully saturated rings. The Balaban J connectivity index is 0.00000242. The fourth-order valence-corrected chi connectivity index (χ4v) is 2.37. The maximum atomic E-state index is 5.28. The summed E-state index contributed by atoms with van der Waals surface area (Å²) in [7, 11) is 1.81. The number of hydrogen-bond acceptors (Lipinski definition) is 2. The summed E-state index contributed by atoms with van der Waals surface area (Å²) >= 11 is 0. The van der Waals surface area contributed by atoms with Crippen LogP contribution in [0.4, 0.5) is 0 Å². The van der Waals surface area contributed by atoms with E-state index in [1.165, 1.54) is 5.56 Å². The van der Waals surface area contributed by atoms with Gasteiger partial charge in [-0.05, 0) is 5.56 Å². The van der Waals surface area contributed by atoms with E-state index >= 15 is 0 Å². The molecule has 0 atom stereocenters. The van der Waals surface area contributed by atoms with E-state index in [2.05, 4.69) is 66.7 Å². The minimum atomic E-state index is 0. The van der Waals surface area contributed by atoms with Gasteiger partial charge in [0.15, 0.2) is 5.96 Å². The zero-order valence-electron chi connectivity index (χ0n) is 14.0. The van der Waals surface area contributed by atoms with Crippen LogP contribution in [0.2, 0.25) is 0 Å². The molecule has 1 aliphatic rings. The summed E-state index contributed by atoms with van der Waals surface area (Å²) in [5, 5.41) is 6.82. The third-order valence-corrected chi connectivity index (χ3v) is 4.06. The highest BCUT2D eigenvalue weighted by molar-refractivity contribution is 14.0. The summed E-state index contributed by atoms with van der Waals surface area (Å²) in [6.07, 6.45) is 0. The van der Waals surface area contributed by atoms with Gasteiger partial charge in [-0.2, -0.15) is 0 Å². The van der Waals surface area contributed by atoms with Crippen LogP contribution in [-0.2, 0) is 10.2 Å². The van der Waals surface area contributed by atoms with Gasteiger partial charge < -0.3 is 15.4 Å². The van der Waals surface area contributed by atoms with Crippen molar-refractivity contribution in [3.63, 3.8) is 0 Å². The van der Waals surface area contributed by atoms with Crippen LogP contribution in [0.15, 0.2) is 35.3 Å². The van der Waals surface area contributed by atoms with Crippen molar-refractivity contribution in [3.05, 3.63) is 35.9 Å². The Morgan fingerprint density at radius 2 is 1.86 bits per heavy atom. The van der Waals surface area contributed by atoms with E-state index in [1.807, 2.05) is 7.05 Å². The summed E-state index contributed by atoms with van der Waals surface area (Å²) in [5.74, 6) is 0.854. The van der Waals surface area contributed by atoms with Crippen LogP contribution in [0.3, 0.4) is 0 Å². The van der Waals surface area contributed by atoms with E-state index in [0.717, 1.165) is 32.3 Å². The molecule has 1 heterocycles. The minimum Gasteiger partial charge on any atom is -0.380 e. The molecule has 2 N–H and O–H groups in total. The fraction of sp³-hybridized carbons (Fsp3) is 0.588.